The number of nitrogens with one attached hydrogen (secondary N) is 1. The van der Waals surface area contributed by atoms with Crippen molar-refractivity contribution in [1.29, 1.82) is 0 Å². The lowest BCUT2D eigenvalue weighted by atomic mass is 10.3. The number of benzene rings is 1. The summed E-state index contributed by atoms with van der Waals surface area (Å²) in [5.74, 6) is -0.418. The van der Waals surface area contributed by atoms with Crippen LogP contribution in [0.15, 0.2) is 35.7 Å². The second kappa shape index (κ2) is 6.88. The molecule has 1 N–H and O–H groups in total. The van der Waals surface area contributed by atoms with Crippen LogP contribution in [0.5, 0.6) is 0 Å². The average molecular weight is 317 g/mol. The van der Waals surface area contributed by atoms with Gasteiger partial charge in [-0.1, -0.05) is 32.0 Å². The number of carbonyl (C=O) groups excluding carboxylic acids is 1. The van der Waals surface area contributed by atoms with E-state index in [4.69, 9.17) is 11.6 Å². The van der Waals surface area contributed by atoms with Crippen LogP contribution in [0, 0.1) is 0 Å². The molecule has 110 valence electrons. The molecule has 0 heterocycles. The lowest BCUT2D eigenvalue weighted by Crippen LogP contribution is -2.30. The zero-order valence-electron chi connectivity index (χ0n) is 11.4. The Morgan fingerprint density at radius 1 is 1.40 bits per heavy atom. The van der Waals surface area contributed by atoms with Crippen molar-refractivity contribution >= 4 is 33.2 Å². The molecule has 0 spiro atoms. The summed E-state index contributed by atoms with van der Waals surface area (Å²) in [7, 11) is -3.67. The number of carbonyl (C=O) groups is 1. The number of amides is 1. The van der Waals surface area contributed by atoms with Crippen molar-refractivity contribution in [1.82, 2.24) is 4.31 Å². The van der Waals surface area contributed by atoms with Gasteiger partial charge in [-0.05, 0) is 24.3 Å². The quantitative estimate of drug-likeness (QED) is 0.820. The van der Waals surface area contributed by atoms with E-state index < -0.39 is 15.9 Å². The SMILES string of the molecule is C=CC(=O)Nc1ccc(Cl)c(S(=O)(=O)N(CC)CC)c1. The van der Waals surface area contributed by atoms with Gasteiger partial charge in [-0.3, -0.25) is 4.79 Å². The van der Waals surface area contributed by atoms with E-state index in [9.17, 15) is 13.2 Å². The number of hydrogen-bond donors (Lipinski definition) is 1. The second-order valence-corrected chi connectivity index (χ2v) is 6.24. The highest BCUT2D eigenvalue weighted by Gasteiger charge is 2.24. The van der Waals surface area contributed by atoms with Crippen LogP contribution < -0.4 is 5.32 Å². The molecule has 1 aromatic carbocycles. The third kappa shape index (κ3) is 3.59. The monoisotopic (exact) mass is 316 g/mol. The van der Waals surface area contributed by atoms with Crippen LogP contribution in [-0.2, 0) is 14.8 Å². The zero-order chi connectivity index (χ0) is 15.3. The van der Waals surface area contributed by atoms with Gasteiger partial charge in [0, 0.05) is 18.8 Å². The molecule has 0 saturated heterocycles. The molecule has 0 aliphatic carbocycles. The fraction of sp³-hybridized carbons (Fsp3) is 0.308. The van der Waals surface area contributed by atoms with Gasteiger partial charge in [-0.25, -0.2) is 8.42 Å². The fourth-order valence-corrected chi connectivity index (χ4v) is 3.63. The molecular weight excluding hydrogens is 300 g/mol. The molecule has 1 aromatic rings. The Kier molecular flexibility index (Phi) is 5.74. The highest BCUT2D eigenvalue weighted by Crippen LogP contribution is 2.27. The summed E-state index contributed by atoms with van der Waals surface area (Å²) >= 11 is 5.97. The van der Waals surface area contributed by atoms with Crippen molar-refractivity contribution in [3.63, 3.8) is 0 Å². The predicted molar refractivity (Wildman–Crippen MR) is 80.4 cm³/mol. The summed E-state index contributed by atoms with van der Waals surface area (Å²) in [6.07, 6.45) is 1.10. The molecule has 0 fully saturated rings. The number of sulfonamides is 1. The van der Waals surface area contributed by atoms with Crippen LogP contribution in [-0.4, -0.2) is 31.7 Å². The van der Waals surface area contributed by atoms with Crippen LogP contribution in [0.4, 0.5) is 5.69 Å². The predicted octanol–water partition coefficient (Wildman–Crippen LogP) is 2.50. The van der Waals surface area contributed by atoms with Crippen molar-refractivity contribution in [3.8, 4) is 0 Å². The maximum atomic E-state index is 12.4. The maximum Gasteiger partial charge on any atom is 0.247 e. The lowest BCUT2D eigenvalue weighted by molar-refractivity contribution is -0.111. The minimum Gasteiger partial charge on any atom is -0.322 e. The third-order valence-corrected chi connectivity index (χ3v) is 5.24. The topological polar surface area (TPSA) is 66.5 Å². The first kappa shape index (κ1) is 16.7. The molecular formula is C13H17ClN2O3S. The van der Waals surface area contributed by atoms with Crippen molar-refractivity contribution in [3.05, 3.63) is 35.9 Å². The summed E-state index contributed by atoms with van der Waals surface area (Å²) < 4.78 is 26.2. The Balaban J connectivity index is 3.27. The van der Waals surface area contributed by atoms with Gasteiger partial charge in [0.05, 0.1) is 5.02 Å². The molecule has 0 atom stereocenters. The van der Waals surface area contributed by atoms with Crippen molar-refractivity contribution < 1.29 is 13.2 Å². The summed E-state index contributed by atoms with van der Waals surface area (Å²) in [4.78, 5) is 11.2. The number of halogens is 1. The van der Waals surface area contributed by atoms with Crippen LogP contribution in [0.1, 0.15) is 13.8 Å². The number of nitrogens with zero attached hydrogens (tertiary/aromatic N) is 1. The van der Waals surface area contributed by atoms with E-state index in [1.54, 1.807) is 13.8 Å². The average Bonchev–Trinajstić information content (AvgIpc) is 2.41. The first-order valence-corrected chi connectivity index (χ1v) is 7.91. The maximum absolute atomic E-state index is 12.4. The minimum absolute atomic E-state index is 0.0234. The molecule has 0 aliphatic rings. The van der Waals surface area contributed by atoms with Gasteiger partial charge in [-0.2, -0.15) is 4.31 Å². The number of hydrogen-bond acceptors (Lipinski definition) is 3. The van der Waals surface area contributed by atoms with Crippen LogP contribution in [0.25, 0.3) is 0 Å². The molecule has 1 amide bonds. The largest absolute Gasteiger partial charge is 0.322 e. The van der Waals surface area contributed by atoms with Crippen LogP contribution in [0.3, 0.4) is 0 Å². The Morgan fingerprint density at radius 2 is 2.00 bits per heavy atom. The Bertz CT molecular complexity index is 610. The van der Waals surface area contributed by atoms with E-state index in [2.05, 4.69) is 11.9 Å². The summed E-state index contributed by atoms with van der Waals surface area (Å²) in [6.45, 7) is 7.52. The smallest absolute Gasteiger partial charge is 0.247 e. The minimum atomic E-state index is -3.67. The molecule has 20 heavy (non-hydrogen) atoms. The van der Waals surface area contributed by atoms with Crippen molar-refractivity contribution in [2.45, 2.75) is 18.7 Å². The fourth-order valence-electron chi connectivity index (χ4n) is 1.67. The highest BCUT2D eigenvalue weighted by atomic mass is 35.5. The van der Waals surface area contributed by atoms with Gasteiger partial charge in [-0.15, -0.1) is 0 Å². The Hall–Kier alpha value is -1.37. The van der Waals surface area contributed by atoms with E-state index in [-0.39, 0.29) is 9.92 Å². The van der Waals surface area contributed by atoms with E-state index in [1.165, 1.54) is 22.5 Å². The highest BCUT2D eigenvalue weighted by molar-refractivity contribution is 7.89. The van der Waals surface area contributed by atoms with Gasteiger partial charge < -0.3 is 5.32 Å². The standard InChI is InChI=1S/C13H17ClN2O3S/c1-4-13(17)15-10-7-8-11(14)12(9-10)20(18,19)16(5-2)6-3/h4,7-9H,1,5-6H2,2-3H3,(H,15,17). The van der Waals surface area contributed by atoms with E-state index >= 15 is 0 Å². The van der Waals surface area contributed by atoms with Crippen molar-refractivity contribution in [2.24, 2.45) is 0 Å². The second-order valence-electron chi connectivity index (χ2n) is 3.93. The third-order valence-electron chi connectivity index (χ3n) is 2.71. The molecule has 0 aromatic heterocycles. The van der Waals surface area contributed by atoms with Crippen molar-refractivity contribution in [2.75, 3.05) is 18.4 Å². The van der Waals surface area contributed by atoms with E-state index in [1.807, 2.05) is 0 Å². The van der Waals surface area contributed by atoms with Gasteiger partial charge in [0.1, 0.15) is 4.90 Å². The molecule has 0 aliphatic heterocycles. The number of anilines is 1. The first-order valence-electron chi connectivity index (χ1n) is 6.09. The van der Waals surface area contributed by atoms with Gasteiger partial charge >= 0.3 is 0 Å². The lowest BCUT2D eigenvalue weighted by Gasteiger charge is -2.19. The van der Waals surface area contributed by atoms with Crippen LogP contribution in [0.2, 0.25) is 5.02 Å². The van der Waals surface area contributed by atoms with Gasteiger partial charge in [0.15, 0.2) is 0 Å². The summed E-state index contributed by atoms with van der Waals surface area (Å²) in [5, 5.41) is 2.63. The first-order chi connectivity index (χ1) is 9.36. The molecule has 0 saturated carbocycles. The van der Waals surface area contributed by atoms with Gasteiger partial charge in [0.2, 0.25) is 15.9 Å². The Morgan fingerprint density at radius 3 is 2.50 bits per heavy atom. The molecule has 1 rings (SSSR count). The normalized spacial score (nSPS) is 11.4. The molecule has 0 radical (unpaired) electrons. The summed E-state index contributed by atoms with van der Waals surface area (Å²) in [6, 6.07) is 4.32. The van der Waals surface area contributed by atoms with Gasteiger partial charge in [0.25, 0.3) is 0 Å². The number of rotatable bonds is 6. The molecule has 7 heteroatoms. The zero-order valence-corrected chi connectivity index (χ0v) is 13.0. The van der Waals surface area contributed by atoms with E-state index in [0.29, 0.717) is 18.8 Å². The molecule has 0 unspecified atom stereocenters. The summed E-state index contributed by atoms with van der Waals surface area (Å²) in [5.41, 5.74) is 0.352. The molecule has 0 bridgehead atoms. The van der Waals surface area contributed by atoms with Crippen LogP contribution >= 0.6 is 11.6 Å². The Labute approximate surface area is 124 Å². The van der Waals surface area contributed by atoms with E-state index in [0.717, 1.165) is 6.08 Å². The molecule has 5 nitrogen and oxygen atoms in total.